The van der Waals surface area contributed by atoms with E-state index in [1.54, 1.807) is 0 Å². The molecule has 0 amide bonds. The van der Waals surface area contributed by atoms with Gasteiger partial charge in [-0.15, -0.1) is 0 Å². The highest BCUT2D eigenvalue weighted by atomic mass is 15.3. The zero-order chi connectivity index (χ0) is 12.3. The van der Waals surface area contributed by atoms with Crippen LogP contribution < -0.4 is 5.43 Å². The monoisotopic (exact) mass is 218 g/mol. The molecule has 16 heavy (non-hydrogen) atoms. The zero-order valence-electron chi connectivity index (χ0n) is 11.0. The SMILES string of the molecule is C=NNc1c(C)cc(C(C)C)cc1C(C)C. The third-order valence-electron chi connectivity index (χ3n) is 2.87. The van der Waals surface area contributed by atoms with Crippen LogP contribution in [0.4, 0.5) is 5.69 Å². The van der Waals surface area contributed by atoms with E-state index in [9.17, 15) is 0 Å². The molecule has 0 heterocycles. The predicted octanol–water partition coefficient (Wildman–Crippen LogP) is 4.27. The predicted molar refractivity (Wildman–Crippen MR) is 72.5 cm³/mol. The van der Waals surface area contributed by atoms with Crippen molar-refractivity contribution in [3.05, 3.63) is 28.8 Å². The maximum atomic E-state index is 3.78. The Balaban J connectivity index is 3.33. The van der Waals surface area contributed by atoms with E-state index >= 15 is 0 Å². The van der Waals surface area contributed by atoms with E-state index in [0.29, 0.717) is 11.8 Å². The van der Waals surface area contributed by atoms with E-state index in [1.165, 1.54) is 16.7 Å². The first-order valence-electron chi connectivity index (χ1n) is 5.83. The lowest BCUT2D eigenvalue weighted by atomic mass is 9.91. The smallest absolute Gasteiger partial charge is 0.0625 e. The molecular weight excluding hydrogens is 196 g/mol. The van der Waals surface area contributed by atoms with Gasteiger partial charge in [-0.1, -0.05) is 39.8 Å². The number of rotatable bonds is 4. The van der Waals surface area contributed by atoms with Crippen LogP contribution >= 0.6 is 0 Å². The topological polar surface area (TPSA) is 24.4 Å². The third kappa shape index (κ3) is 2.63. The number of hydrazone groups is 1. The van der Waals surface area contributed by atoms with Crippen LogP contribution in [-0.2, 0) is 0 Å². The molecule has 0 aliphatic rings. The summed E-state index contributed by atoms with van der Waals surface area (Å²) >= 11 is 0. The molecule has 0 atom stereocenters. The Labute approximate surface area is 98.8 Å². The van der Waals surface area contributed by atoms with Crippen molar-refractivity contribution in [2.75, 3.05) is 5.43 Å². The summed E-state index contributed by atoms with van der Waals surface area (Å²) in [6.45, 7) is 14.5. The number of hydrogen-bond donors (Lipinski definition) is 1. The van der Waals surface area contributed by atoms with Crippen molar-refractivity contribution in [2.24, 2.45) is 5.10 Å². The molecule has 1 rings (SSSR count). The van der Waals surface area contributed by atoms with Gasteiger partial charge in [0, 0.05) is 6.72 Å². The number of nitrogens with zero attached hydrogens (tertiary/aromatic N) is 1. The van der Waals surface area contributed by atoms with Gasteiger partial charge in [-0.3, -0.25) is 5.43 Å². The Hall–Kier alpha value is -1.31. The number of aryl methyl sites for hydroxylation is 1. The van der Waals surface area contributed by atoms with Gasteiger partial charge < -0.3 is 0 Å². The normalized spacial score (nSPS) is 10.9. The summed E-state index contributed by atoms with van der Waals surface area (Å²) in [5.74, 6) is 1.04. The highest BCUT2D eigenvalue weighted by Crippen LogP contribution is 2.31. The van der Waals surface area contributed by atoms with Gasteiger partial charge in [-0.25, -0.2) is 0 Å². The molecule has 88 valence electrons. The Morgan fingerprint density at radius 2 is 1.75 bits per heavy atom. The molecule has 2 heteroatoms. The molecule has 1 N–H and O–H groups in total. The van der Waals surface area contributed by atoms with Gasteiger partial charge in [-0.2, -0.15) is 5.10 Å². The average Bonchev–Trinajstić information content (AvgIpc) is 2.20. The second-order valence-corrected chi connectivity index (χ2v) is 4.88. The van der Waals surface area contributed by atoms with Crippen LogP contribution in [0.25, 0.3) is 0 Å². The number of hydrogen-bond acceptors (Lipinski definition) is 2. The Morgan fingerprint density at radius 3 is 2.19 bits per heavy atom. The first-order chi connectivity index (χ1) is 7.47. The summed E-state index contributed by atoms with van der Waals surface area (Å²) in [5, 5.41) is 3.78. The van der Waals surface area contributed by atoms with E-state index in [4.69, 9.17) is 0 Å². The molecule has 2 nitrogen and oxygen atoms in total. The lowest BCUT2D eigenvalue weighted by molar-refractivity contribution is 0.831. The first-order valence-corrected chi connectivity index (χ1v) is 5.83. The minimum atomic E-state index is 0.488. The Kier molecular flexibility index (Phi) is 4.11. The molecule has 0 unspecified atom stereocenters. The lowest BCUT2D eigenvalue weighted by Gasteiger charge is -2.18. The van der Waals surface area contributed by atoms with E-state index in [-0.39, 0.29) is 0 Å². The Morgan fingerprint density at radius 1 is 1.12 bits per heavy atom. The molecule has 0 saturated carbocycles. The lowest BCUT2D eigenvalue weighted by Crippen LogP contribution is -2.02. The van der Waals surface area contributed by atoms with Crippen LogP contribution in [-0.4, -0.2) is 6.72 Å². The van der Waals surface area contributed by atoms with Crippen molar-refractivity contribution >= 4 is 12.4 Å². The highest BCUT2D eigenvalue weighted by molar-refractivity contribution is 5.60. The highest BCUT2D eigenvalue weighted by Gasteiger charge is 2.12. The van der Waals surface area contributed by atoms with Crippen molar-refractivity contribution in [2.45, 2.75) is 46.5 Å². The summed E-state index contributed by atoms with van der Waals surface area (Å²) < 4.78 is 0. The van der Waals surface area contributed by atoms with Crippen molar-refractivity contribution < 1.29 is 0 Å². The molecule has 0 aliphatic heterocycles. The number of anilines is 1. The van der Waals surface area contributed by atoms with E-state index in [2.05, 4.69) is 64.0 Å². The summed E-state index contributed by atoms with van der Waals surface area (Å²) in [6, 6.07) is 4.50. The largest absolute Gasteiger partial charge is 0.279 e. The molecule has 0 aliphatic carbocycles. The van der Waals surface area contributed by atoms with Gasteiger partial charge in [0.2, 0.25) is 0 Å². The minimum absolute atomic E-state index is 0.488. The third-order valence-corrected chi connectivity index (χ3v) is 2.87. The van der Waals surface area contributed by atoms with Gasteiger partial charge in [0.1, 0.15) is 0 Å². The summed E-state index contributed by atoms with van der Waals surface area (Å²) in [6.07, 6.45) is 0. The van der Waals surface area contributed by atoms with Crippen LogP contribution in [0, 0.1) is 6.92 Å². The molecule has 0 radical (unpaired) electrons. The van der Waals surface area contributed by atoms with E-state index in [0.717, 1.165) is 5.69 Å². The second-order valence-electron chi connectivity index (χ2n) is 4.88. The summed E-state index contributed by atoms with van der Waals surface area (Å²) in [5.41, 5.74) is 8.05. The Bertz CT molecular complexity index is 379. The van der Waals surface area contributed by atoms with Gasteiger partial charge in [0.05, 0.1) is 5.69 Å². The van der Waals surface area contributed by atoms with Gasteiger partial charge in [0.15, 0.2) is 0 Å². The van der Waals surface area contributed by atoms with Crippen LogP contribution in [0.15, 0.2) is 17.2 Å². The van der Waals surface area contributed by atoms with Crippen LogP contribution in [0.5, 0.6) is 0 Å². The molecule has 0 saturated heterocycles. The molecule has 0 fully saturated rings. The second kappa shape index (κ2) is 5.15. The van der Waals surface area contributed by atoms with Crippen molar-refractivity contribution in [1.82, 2.24) is 0 Å². The standard InChI is InChI=1S/C14H22N2/c1-9(2)12-7-11(5)14(16-15-6)13(8-12)10(3)4/h7-10,16H,6H2,1-5H3. The maximum absolute atomic E-state index is 3.78. The summed E-state index contributed by atoms with van der Waals surface area (Å²) in [7, 11) is 0. The fourth-order valence-electron chi connectivity index (χ4n) is 1.86. The van der Waals surface area contributed by atoms with Crippen molar-refractivity contribution in [3.63, 3.8) is 0 Å². The van der Waals surface area contributed by atoms with Crippen LogP contribution in [0.2, 0.25) is 0 Å². The molecule has 0 bridgehead atoms. The molecule has 0 spiro atoms. The first kappa shape index (κ1) is 12.8. The van der Waals surface area contributed by atoms with Crippen LogP contribution in [0.1, 0.15) is 56.2 Å². The van der Waals surface area contributed by atoms with Crippen molar-refractivity contribution in [1.29, 1.82) is 0 Å². The number of nitrogens with one attached hydrogen (secondary N) is 1. The summed E-state index contributed by atoms with van der Waals surface area (Å²) in [4.78, 5) is 0. The zero-order valence-corrected chi connectivity index (χ0v) is 11.0. The maximum Gasteiger partial charge on any atom is 0.0625 e. The van der Waals surface area contributed by atoms with E-state index < -0.39 is 0 Å². The van der Waals surface area contributed by atoms with Gasteiger partial charge in [0.25, 0.3) is 0 Å². The molecule has 1 aromatic carbocycles. The quantitative estimate of drug-likeness (QED) is 0.592. The molecule has 1 aromatic rings. The van der Waals surface area contributed by atoms with Crippen LogP contribution in [0.3, 0.4) is 0 Å². The van der Waals surface area contributed by atoms with Gasteiger partial charge >= 0.3 is 0 Å². The average molecular weight is 218 g/mol. The number of benzene rings is 1. The fraction of sp³-hybridized carbons (Fsp3) is 0.500. The van der Waals surface area contributed by atoms with Crippen molar-refractivity contribution in [3.8, 4) is 0 Å². The van der Waals surface area contributed by atoms with E-state index in [1.807, 2.05) is 0 Å². The molecule has 0 aromatic heterocycles. The molecular formula is C14H22N2. The van der Waals surface area contributed by atoms with Gasteiger partial charge in [-0.05, 0) is 35.4 Å². The fourth-order valence-corrected chi connectivity index (χ4v) is 1.86. The minimum Gasteiger partial charge on any atom is -0.279 e.